The lowest BCUT2D eigenvalue weighted by Gasteiger charge is -2.39. The van der Waals surface area contributed by atoms with Crippen molar-refractivity contribution in [3.63, 3.8) is 0 Å². The number of nitrogens with zero attached hydrogens (tertiary/aromatic N) is 2. The summed E-state index contributed by atoms with van der Waals surface area (Å²) in [7, 11) is 0. The first kappa shape index (κ1) is 13.9. The van der Waals surface area contributed by atoms with Gasteiger partial charge in [-0.1, -0.05) is 5.16 Å². The molecule has 0 aromatic rings. The minimum Gasteiger partial charge on any atom is -0.411 e. The number of amides is 1. The van der Waals surface area contributed by atoms with Gasteiger partial charge in [0.1, 0.15) is 6.21 Å². The van der Waals surface area contributed by atoms with Gasteiger partial charge in [0.2, 0.25) is 0 Å². The van der Waals surface area contributed by atoms with Crippen molar-refractivity contribution < 1.29 is 10.0 Å². The van der Waals surface area contributed by atoms with E-state index in [2.05, 4.69) is 15.4 Å². The minimum absolute atomic E-state index is 0.316. The van der Waals surface area contributed by atoms with Crippen LogP contribution < -0.4 is 5.32 Å². The molecular weight excluding hydrogens is 254 g/mol. The van der Waals surface area contributed by atoms with Crippen molar-refractivity contribution in [2.45, 2.75) is 44.6 Å². The first-order valence-corrected chi connectivity index (χ1v) is 7.94. The molecule has 1 amide bonds. The van der Waals surface area contributed by atoms with Crippen molar-refractivity contribution in [3.05, 3.63) is 0 Å². The van der Waals surface area contributed by atoms with Crippen molar-refractivity contribution in [1.82, 2.24) is 10.2 Å². The number of rotatable bonds is 5. The Kier molecular flexibility index (Phi) is 4.24. The molecule has 2 unspecified atom stereocenters. The molecule has 112 valence electrons. The van der Waals surface area contributed by atoms with E-state index in [1.54, 1.807) is 0 Å². The topological polar surface area (TPSA) is 64.9 Å². The first-order valence-electron chi connectivity index (χ1n) is 7.94. The Morgan fingerprint density at radius 1 is 1.20 bits per heavy atom. The summed E-state index contributed by atoms with van der Waals surface area (Å²) in [5.41, 5.74) is 0. The quantitative estimate of drug-likeness (QED) is 0.346. The smallest absolute Gasteiger partial charge is 0.265 e. The lowest BCUT2D eigenvalue weighted by atomic mass is 9.68. The summed E-state index contributed by atoms with van der Waals surface area (Å²) in [6.07, 6.45) is 9.07. The van der Waals surface area contributed by atoms with Crippen LogP contribution in [-0.4, -0.2) is 47.9 Å². The molecule has 4 bridgehead atoms. The van der Waals surface area contributed by atoms with E-state index < -0.39 is 0 Å². The predicted octanol–water partition coefficient (Wildman–Crippen LogP) is 1.46. The summed E-state index contributed by atoms with van der Waals surface area (Å²) in [5, 5.41) is 13.7. The van der Waals surface area contributed by atoms with Crippen molar-refractivity contribution in [1.29, 1.82) is 0 Å². The van der Waals surface area contributed by atoms with Gasteiger partial charge in [0.25, 0.3) is 5.91 Å². The van der Waals surface area contributed by atoms with Crippen LogP contribution in [0, 0.1) is 17.8 Å². The van der Waals surface area contributed by atoms with Crippen molar-refractivity contribution in [3.8, 4) is 0 Å². The Morgan fingerprint density at radius 3 is 2.60 bits per heavy atom. The second-order valence-corrected chi connectivity index (χ2v) is 6.81. The molecule has 20 heavy (non-hydrogen) atoms. The van der Waals surface area contributed by atoms with Crippen molar-refractivity contribution in [2.24, 2.45) is 22.9 Å². The van der Waals surface area contributed by atoms with Crippen molar-refractivity contribution >= 4 is 12.1 Å². The van der Waals surface area contributed by atoms with Gasteiger partial charge in [0, 0.05) is 25.7 Å². The molecule has 2 atom stereocenters. The summed E-state index contributed by atoms with van der Waals surface area (Å²) < 4.78 is 0. The molecule has 2 aliphatic carbocycles. The van der Waals surface area contributed by atoms with Crippen LogP contribution in [0.4, 0.5) is 0 Å². The van der Waals surface area contributed by atoms with Gasteiger partial charge >= 0.3 is 0 Å². The molecule has 0 aromatic carbocycles. The number of nitrogens with one attached hydrogen (secondary N) is 1. The third kappa shape index (κ3) is 3.14. The third-order valence-electron chi connectivity index (χ3n) is 5.32. The number of carbonyl (C=O) groups is 1. The zero-order valence-corrected chi connectivity index (χ0v) is 12.0. The van der Waals surface area contributed by atoms with Crippen LogP contribution in [0.15, 0.2) is 5.16 Å². The van der Waals surface area contributed by atoms with Crippen LogP contribution >= 0.6 is 0 Å². The van der Waals surface area contributed by atoms with E-state index in [4.69, 9.17) is 5.21 Å². The highest BCUT2D eigenvalue weighted by molar-refractivity contribution is 6.25. The first-order chi connectivity index (χ1) is 9.74. The summed E-state index contributed by atoms with van der Waals surface area (Å²) >= 11 is 0. The van der Waals surface area contributed by atoms with Gasteiger partial charge < -0.3 is 15.4 Å². The fourth-order valence-corrected chi connectivity index (χ4v) is 4.75. The molecule has 0 aromatic heterocycles. The van der Waals surface area contributed by atoms with Crippen LogP contribution in [0.25, 0.3) is 0 Å². The maximum atomic E-state index is 11.1. The van der Waals surface area contributed by atoms with Gasteiger partial charge in [-0.15, -0.1) is 0 Å². The molecular formula is C15H25N3O2. The number of fused-ring (bicyclic) bond motifs is 1. The van der Waals surface area contributed by atoms with Gasteiger partial charge in [0.05, 0.1) is 0 Å². The van der Waals surface area contributed by atoms with Crippen LogP contribution in [0.3, 0.4) is 0 Å². The zero-order valence-electron chi connectivity index (χ0n) is 12.0. The third-order valence-corrected chi connectivity index (χ3v) is 5.32. The van der Waals surface area contributed by atoms with Crippen molar-refractivity contribution in [2.75, 3.05) is 19.6 Å². The SMILES string of the molecule is O=C(C=NO)NCCCN1CC2CC3CC(C2)CC1C3. The van der Waals surface area contributed by atoms with E-state index in [9.17, 15) is 4.79 Å². The average molecular weight is 279 g/mol. The number of hydrogen-bond donors (Lipinski definition) is 2. The summed E-state index contributed by atoms with van der Waals surface area (Å²) in [4.78, 5) is 13.8. The number of hydrogen-bond acceptors (Lipinski definition) is 4. The maximum Gasteiger partial charge on any atom is 0.265 e. The standard InChI is InChI=1S/C15H25N3O2/c19-15(9-17-20)16-2-1-3-18-10-13-5-11-4-12(6-13)8-14(18)7-11/h9,11-14,20H,1-8,10H2,(H,16,19). The highest BCUT2D eigenvalue weighted by Crippen LogP contribution is 2.47. The Bertz CT molecular complexity index is 371. The van der Waals surface area contributed by atoms with E-state index in [0.717, 1.165) is 43.0 Å². The Hall–Kier alpha value is -1.10. The van der Waals surface area contributed by atoms with Gasteiger partial charge in [-0.2, -0.15) is 0 Å². The predicted molar refractivity (Wildman–Crippen MR) is 76.8 cm³/mol. The molecule has 0 spiro atoms. The van der Waals surface area contributed by atoms with E-state index >= 15 is 0 Å². The molecule has 0 radical (unpaired) electrons. The Morgan fingerprint density at radius 2 is 1.90 bits per heavy atom. The van der Waals surface area contributed by atoms with Crippen LogP contribution in [0.1, 0.15) is 38.5 Å². The molecule has 2 aliphatic heterocycles. The normalized spacial score (nSPS) is 36.4. The van der Waals surface area contributed by atoms with E-state index in [1.807, 2.05) is 0 Å². The Labute approximate surface area is 120 Å². The molecule has 2 saturated carbocycles. The molecule has 2 heterocycles. The summed E-state index contributed by atoms with van der Waals surface area (Å²) in [5.74, 6) is 2.58. The second kappa shape index (κ2) is 6.12. The van der Waals surface area contributed by atoms with Crippen LogP contribution in [0.2, 0.25) is 0 Å². The fourth-order valence-electron chi connectivity index (χ4n) is 4.75. The summed E-state index contributed by atoms with van der Waals surface area (Å²) in [6.45, 7) is 3.01. The van der Waals surface area contributed by atoms with E-state index in [0.29, 0.717) is 6.54 Å². The number of oxime groups is 1. The maximum absolute atomic E-state index is 11.1. The Balaban J connectivity index is 1.45. The highest BCUT2D eigenvalue weighted by Gasteiger charge is 2.42. The van der Waals surface area contributed by atoms with Gasteiger partial charge in [-0.05, 0) is 56.3 Å². The largest absolute Gasteiger partial charge is 0.411 e. The van der Waals surface area contributed by atoms with Gasteiger partial charge in [-0.25, -0.2) is 0 Å². The highest BCUT2D eigenvalue weighted by atomic mass is 16.4. The molecule has 5 nitrogen and oxygen atoms in total. The minimum atomic E-state index is -0.316. The fraction of sp³-hybridized carbons (Fsp3) is 0.867. The van der Waals surface area contributed by atoms with Crippen LogP contribution in [-0.2, 0) is 4.79 Å². The average Bonchev–Trinajstić information content (AvgIpc) is 2.59. The second-order valence-electron chi connectivity index (χ2n) is 6.81. The zero-order chi connectivity index (χ0) is 13.9. The molecule has 2 N–H and O–H groups in total. The lowest BCUT2D eigenvalue weighted by molar-refractivity contribution is -0.114. The molecule has 2 saturated heterocycles. The summed E-state index contributed by atoms with van der Waals surface area (Å²) in [6, 6.07) is 0.793. The van der Waals surface area contributed by atoms with E-state index in [-0.39, 0.29) is 5.91 Å². The number of carbonyl (C=O) groups excluding carboxylic acids is 1. The molecule has 4 fully saturated rings. The van der Waals surface area contributed by atoms with Gasteiger partial charge in [0.15, 0.2) is 0 Å². The monoisotopic (exact) mass is 279 g/mol. The van der Waals surface area contributed by atoms with Gasteiger partial charge in [-0.3, -0.25) is 4.79 Å². The molecule has 4 rings (SSSR count). The van der Waals surface area contributed by atoms with Crippen LogP contribution in [0.5, 0.6) is 0 Å². The lowest BCUT2D eigenvalue weighted by Crippen LogP contribution is -2.39. The molecule has 5 heteroatoms. The molecule has 4 aliphatic rings. The van der Waals surface area contributed by atoms with E-state index in [1.165, 1.54) is 38.6 Å².